The summed E-state index contributed by atoms with van der Waals surface area (Å²) < 4.78 is 5.00. The van der Waals surface area contributed by atoms with Gasteiger partial charge in [0.05, 0.1) is 5.56 Å². The minimum absolute atomic E-state index is 0.0819. The molecule has 0 aliphatic heterocycles. The van der Waals surface area contributed by atoms with Gasteiger partial charge in [0, 0.05) is 5.56 Å². The van der Waals surface area contributed by atoms with Crippen LogP contribution in [0.4, 0.5) is 0 Å². The molecule has 2 aromatic rings. The lowest BCUT2D eigenvalue weighted by Gasteiger charge is -2.06. The molecule has 1 N–H and O–H groups in total. The van der Waals surface area contributed by atoms with E-state index < -0.39 is 5.97 Å². The lowest BCUT2D eigenvalue weighted by Crippen LogP contribution is -2.14. The van der Waals surface area contributed by atoms with Gasteiger partial charge in [0.25, 0.3) is 0 Å². The van der Waals surface area contributed by atoms with Crippen molar-refractivity contribution >= 4 is 11.8 Å². The average molecular weight is 270 g/mol. The third-order valence-corrected chi connectivity index (χ3v) is 2.89. The van der Waals surface area contributed by atoms with Crippen molar-refractivity contribution in [1.29, 1.82) is 0 Å². The van der Waals surface area contributed by atoms with E-state index in [0.717, 1.165) is 5.56 Å². The Labute approximate surface area is 116 Å². The zero-order valence-corrected chi connectivity index (χ0v) is 11.0. The van der Waals surface area contributed by atoms with E-state index in [1.807, 2.05) is 6.07 Å². The highest BCUT2D eigenvalue weighted by atomic mass is 16.5. The number of phenols is 1. The van der Waals surface area contributed by atoms with Crippen molar-refractivity contribution in [2.24, 2.45) is 0 Å². The second-order valence-electron chi connectivity index (χ2n) is 4.36. The topological polar surface area (TPSA) is 63.6 Å². The molecule has 0 radical (unpaired) electrons. The Bertz CT molecular complexity index is 629. The maximum absolute atomic E-state index is 11.8. The maximum Gasteiger partial charge on any atom is 0.338 e. The third-order valence-electron chi connectivity index (χ3n) is 2.89. The molecular weight excluding hydrogens is 256 g/mol. The standard InChI is InChI=1S/C16H14O4/c1-11-4-2-3-5-14(11)16(19)20-10-15(18)12-6-8-13(17)9-7-12/h2-9,17H,10H2,1H3. The zero-order valence-electron chi connectivity index (χ0n) is 11.0. The van der Waals surface area contributed by atoms with E-state index in [1.165, 1.54) is 24.3 Å². The van der Waals surface area contributed by atoms with Crippen LogP contribution in [0.5, 0.6) is 5.75 Å². The highest BCUT2D eigenvalue weighted by Gasteiger charge is 2.13. The van der Waals surface area contributed by atoms with Crippen molar-refractivity contribution in [3.8, 4) is 5.75 Å². The zero-order chi connectivity index (χ0) is 14.5. The van der Waals surface area contributed by atoms with Gasteiger partial charge in [-0.1, -0.05) is 18.2 Å². The quantitative estimate of drug-likeness (QED) is 0.685. The Morgan fingerprint density at radius 2 is 1.70 bits per heavy atom. The summed E-state index contributed by atoms with van der Waals surface area (Å²) in [6, 6.07) is 12.8. The number of ketones is 1. The highest BCUT2D eigenvalue weighted by Crippen LogP contribution is 2.12. The van der Waals surface area contributed by atoms with Crippen molar-refractivity contribution in [1.82, 2.24) is 0 Å². The normalized spacial score (nSPS) is 10.1. The molecule has 0 unspecified atom stereocenters. The van der Waals surface area contributed by atoms with E-state index >= 15 is 0 Å². The Hall–Kier alpha value is -2.62. The van der Waals surface area contributed by atoms with E-state index in [-0.39, 0.29) is 18.1 Å². The van der Waals surface area contributed by atoms with Crippen LogP contribution in [0, 0.1) is 6.92 Å². The summed E-state index contributed by atoms with van der Waals surface area (Å²) in [7, 11) is 0. The molecule has 0 aliphatic carbocycles. The van der Waals surface area contributed by atoms with Gasteiger partial charge in [0.15, 0.2) is 12.4 Å². The van der Waals surface area contributed by atoms with Gasteiger partial charge in [0.1, 0.15) is 5.75 Å². The molecule has 4 nitrogen and oxygen atoms in total. The maximum atomic E-state index is 11.8. The van der Waals surface area contributed by atoms with Crippen LogP contribution in [0.3, 0.4) is 0 Å². The van der Waals surface area contributed by atoms with Crippen molar-refractivity contribution in [3.05, 3.63) is 65.2 Å². The number of esters is 1. The number of aryl methyl sites for hydroxylation is 1. The Kier molecular flexibility index (Phi) is 4.15. The molecule has 20 heavy (non-hydrogen) atoms. The number of benzene rings is 2. The molecule has 0 aliphatic rings. The number of Topliss-reactive ketones (excluding diaryl/α,β-unsaturated/α-hetero) is 1. The van der Waals surface area contributed by atoms with E-state index in [4.69, 9.17) is 9.84 Å². The van der Waals surface area contributed by atoms with Crippen LogP contribution in [0.2, 0.25) is 0 Å². The first-order chi connectivity index (χ1) is 9.58. The van der Waals surface area contributed by atoms with Gasteiger partial charge < -0.3 is 9.84 Å². The first kappa shape index (κ1) is 13.8. The van der Waals surface area contributed by atoms with Crippen LogP contribution in [0.25, 0.3) is 0 Å². The molecule has 0 aromatic heterocycles. The highest BCUT2D eigenvalue weighted by molar-refractivity contribution is 5.99. The molecule has 0 amide bonds. The first-order valence-electron chi connectivity index (χ1n) is 6.13. The summed E-state index contributed by atoms with van der Waals surface area (Å²) in [6.07, 6.45) is 0. The average Bonchev–Trinajstić information content (AvgIpc) is 2.45. The van der Waals surface area contributed by atoms with Crippen molar-refractivity contribution in [3.63, 3.8) is 0 Å². The van der Waals surface area contributed by atoms with Crippen LogP contribution < -0.4 is 0 Å². The Morgan fingerprint density at radius 3 is 2.35 bits per heavy atom. The molecule has 0 saturated carbocycles. The monoisotopic (exact) mass is 270 g/mol. The minimum atomic E-state index is -0.518. The largest absolute Gasteiger partial charge is 0.508 e. The number of hydrogen-bond donors (Lipinski definition) is 1. The number of hydrogen-bond acceptors (Lipinski definition) is 4. The molecular formula is C16H14O4. The summed E-state index contributed by atoms with van der Waals surface area (Å²) >= 11 is 0. The first-order valence-corrected chi connectivity index (χ1v) is 6.13. The fourth-order valence-electron chi connectivity index (χ4n) is 1.74. The van der Waals surface area contributed by atoms with Gasteiger partial charge in [-0.05, 0) is 42.8 Å². The van der Waals surface area contributed by atoms with E-state index in [1.54, 1.807) is 25.1 Å². The fourth-order valence-corrected chi connectivity index (χ4v) is 1.74. The molecule has 4 heteroatoms. The number of ether oxygens (including phenoxy) is 1. The molecule has 0 heterocycles. The Balaban J connectivity index is 1.99. The molecule has 0 bridgehead atoms. The second-order valence-corrected chi connectivity index (χ2v) is 4.36. The van der Waals surface area contributed by atoms with E-state index in [2.05, 4.69) is 0 Å². The number of carbonyl (C=O) groups excluding carboxylic acids is 2. The smallest absolute Gasteiger partial charge is 0.338 e. The van der Waals surface area contributed by atoms with Gasteiger partial charge in [-0.3, -0.25) is 4.79 Å². The summed E-state index contributed by atoms with van der Waals surface area (Å²) in [6.45, 7) is 1.48. The predicted octanol–water partition coefficient (Wildman–Crippen LogP) is 2.74. The second kappa shape index (κ2) is 6.02. The van der Waals surface area contributed by atoms with Gasteiger partial charge in [0.2, 0.25) is 0 Å². The van der Waals surface area contributed by atoms with Crippen LogP contribution in [-0.4, -0.2) is 23.5 Å². The molecule has 2 rings (SSSR count). The van der Waals surface area contributed by atoms with Crippen LogP contribution in [0.15, 0.2) is 48.5 Å². The molecule has 0 saturated heterocycles. The van der Waals surface area contributed by atoms with Crippen LogP contribution >= 0.6 is 0 Å². The molecule has 0 atom stereocenters. The van der Waals surface area contributed by atoms with Gasteiger partial charge in [-0.15, -0.1) is 0 Å². The minimum Gasteiger partial charge on any atom is -0.508 e. The number of carbonyl (C=O) groups is 2. The van der Waals surface area contributed by atoms with E-state index in [9.17, 15) is 9.59 Å². The number of rotatable bonds is 4. The van der Waals surface area contributed by atoms with E-state index in [0.29, 0.717) is 11.1 Å². The summed E-state index contributed by atoms with van der Waals surface area (Å²) in [5.41, 5.74) is 1.64. The predicted molar refractivity (Wildman–Crippen MR) is 73.9 cm³/mol. The number of phenolic OH excluding ortho intramolecular Hbond substituents is 1. The van der Waals surface area contributed by atoms with Gasteiger partial charge in [-0.25, -0.2) is 4.79 Å². The summed E-state index contributed by atoms with van der Waals surface area (Å²) in [5, 5.41) is 9.14. The SMILES string of the molecule is Cc1ccccc1C(=O)OCC(=O)c1ccc(O)cc1. The summed E-state index contributed by atoms with van der Waals surface area (Å²) in [5.74, 6) is -0.749. The lowest BCUT2D eigenvalue weighted by molar-refractivity contribution is 0.0474. The molecule has 0 fully saturated rings. The molecule has 0 spiro atoms. The van der Waals surface area contributed by atoms with Crippen LogP contribution in [0.1, 0.15) is 26.3 Å². The van der Waals surface area contributed by atoms with Crippen LogP contribution in [-0.2, 0) is 4.74 Å². The third kappa shape index (κ3) is 3.23. The summed E-state index contributed by atoms with van der Waals surface area (Å²) in [4.78, 5) is 23.7. The Morgan fingerprint density at radius 1 is 1.05 bits per heavy atom. The van der Waals surface area contributed by atoms with Gasteiger partial charge >= 0.3 is 5.97 Å². The van der Waals surface area contributed by atoms with Crippen molar-refractivity contribution in [2.45, 2.75) is 6.92 Å². The fraction of sp³-hybridized carbons (Fsp3) is 0.125. The molecule has 2 aromatic carbocycles. The molecule has 102 valence electrons. The number of aromatic hydroxyl groups is 1. The van der Waals surface area contributed by atoms with Crippen molar-refractivity contribution < 1.29 is 19.4 Å². The van der Waals surface area contributed by atoms with Gasteiger partial charge in [-0.2, -0.15) is 0 Å². The van der Waals surface area contributed by atoms with Crippen molar-refractivity contribution in [2.75, 3.05) is 6.61 Å². The lowest BCUT2D eigenvalue weighted by atomic mass is 10.1.